The second-order valence-corrected chi connectivity index (χ2v) is 4.65. The average Bonchev–Trinajstić information content (AvgIpc) is 2.35. The van der Waals surface area contributed by atoms with Crippen LogP contribution >= 0.6 is 0 Å². The van der Waals surface area contributed by atoms with Gasteiger partial charge >= 0.3 is 5.97 Å². The number of rotatable bonds is 3. The molecule has 0 aromatic heterocycles. The molecule has 102 valence electrons. The molecular weight excluding hydrogens is 251 g/mol. The van der Waals surface area contributed by atoms with E-state index < -0.39 is 23.2 Å². The molecule has 1 aromatic rings. The number of halogens is 1. The van der Waals surface area contributed by atoms with E-state index in [-0.39, 0.29) is 11.3 Å². The first-order valence-corrected chi connectivity index (χ1v) is 5.94. The number of hydrogen-bond donors (Lipinski definition) is 2. The van der Waals surface area contributed by atoms with Gasteiger partial charge in [0, 0.05) is 0 Å². The number of anilines is 1. The second-order valence-electron chi connectivity index (χ2n) is 4.65. The van der Waals surface area contributed by atoms with Crippen LogP contribution in [-0.2, 0) is 9.53 Å². The molecule has 6 heteroatoms. The van der Waals surface area contributed by atoms with Gasteiger partial charge in [0.2, 0.25) is 5.91 Å². The molecule has 0 atom stereocenters. The van der Waals surface area contributed by atoms with E-state index in [4.69, 9.17) is 5.73 Å². The largest absolute Gasteiger partial charge is 0.465 e. The summed E-state index contributed by atoms with van der Waals surface area (Å²) in [6.45, 7) is 0. The molecule has 0 bridgehead atoms. The minimum Gasteiger partial charge on any atom is -0.465 e. The number of nitrogens with two attached hydrogens (primary N) is 1. The maximum atomic E-state index is 13.2. The molecule has 19 heavy (non-hydrogen) atoms. The Hall–Kier alpha value is -1.95. The summed E-state index contributed by atoms with van der Waals surface area (Å²) in [6, 6.07) is 3.47. The highest BCUT2D eigenvalue weighted by molar-refractivity contribution is 6.04. The first-order chi connectivity index (χ1) is 8.96. The molecular formula is C13H15FN2O3. The fraction of sp³-hybridized carbons (Fsp3) is 0.385. The van der Waals surface area contributed by atoms with E-state index in [2.05, 4.69) is 10.1 Å². The number of carbonyl (C=O) groups is 2. The van der Waals surface area contributed by atoms with Gasteiger partial charge in [-0.25, -0.2) is 9.18 Å². The van der Waals surface area contributed by atoms with Crippen molar-refractivity contribution in [1.82, 2.24) is 0 Å². The number of carbonyl (C=O) groups excluding carboxylic acids is 2. The quantitative estimate of drug-likeness (QED) is 0.811. The lowest BCUT2D eigenvalue weighted by Gasteiger charge is -2.36. The summed E-state index contributed by atoms with van der Waals surface area (Å²) < 4.78 is 17.8. The van der Waals surface area contributed by atoms with Gasteiger partial charge in [-0.2, -0.15) is 0 Å². The van der Waals surface area contributed by atoms with Crippen molar-refractivity contribution in [3.05, 3.63) is 29.6 Å². The molecule has 5 nitrogen and oxygen atoms in total. The Balaban J connectivity index is 2.25. The lowest BCUT2D eigenvalue weighted by atomic mass is 9.77. The van der Waals surface area contributed by atoms with E-state index >= 15 is 0 Å². The van der Waals surface area contributed by atoms with Crippen LogP contribution < -0.4 is 11.1 Å². The summed E-state index contributed by atoms with van der Waals surface area (Å²) in [6.07, 6.45) is 2.06. The second kappa shape index (κ2) is 4.97. The molecule has 0 unspecified atom stereocenters. The maximum absolute atomic E-state index is 13.2. The molecule has 1 saturated carbocycles. The van der Waals surface area contributed by atoms with E-state index in [0.29, 0.717) is 12.8 Å². The van der Waals surface area contributed by atoms with E-state index in [0.717, 1.165) is 18.6 Å². The van der Waals surface area contributed by atoms with Crippen LogP contribution in [0.4, 0.5) is 10.1 Å². The average molecular weight is 266 g/mol. The zero-order valence-electron chi connectivity index (χ0n) is 10.5. The fourth-order valence-electron chi connectivity index (χ4n) is 1.94. The van der Waals surface area contributed by atoms with Gasteiger partial charge in [-0.3, -0.25) is 4.79 Å². The van der Waals surface area contributed by atoms with Crippen molar-refractivity contribution in [1.29, 1.82) is 0 Å². The zero-order valence-corrected chi connectivity index (χ0v) is 10.5. The van der Waals surface area contributed by atoms with Gasteiger partial charge < -0.3 is 15.8 Å². The Bertz CT molecular complexity index is 527. The van der Waals surface area contributed by atoms with Crippen molar-refractivity contribution in [3.8, 4) is 0 Å². The Morgan fingerprint density at radius 1 is 1.42 bits per heavy atom. The molecule has 0 heterocycles. The summed E-state index contributed by atoms with van der Waals surface area (Å²) >= 11 is 0. The van der Waals surface area contributed by atoms with Crippen molar-refractivity contribution in [2.75, 3.05) is 12.4 Å². The van der Waals surface area contributed by atoms with Crippen molar-refractivity contribution in [2.24, 2.45) is 5.73 Å². The van der Waals surface area contributed by atoms with Gasteiger partial charge in [-0.05, 0) is 37.5 Å². The van der Waals surface area contributed by atoms with Gasteiger partial charge in [-0.1, -0.05) is 0 Å². The molecule has 2 rings (SSSR count). The third kappa shape index (κ3) is 2.58. The predicted octanol–water partition coefficient (Wildman–Crippen LogP) is 1.43. The highest BCUT2D eigenvalue weighted by atomic mass is 19.1. The normalized spacial score (nSPS) is 16.4. The highest BCUT2D eigenvalue weighted by Crippen LogP contribution is 2.31. The van der Waals surface area contributed by atoms with Gasteiger partial charge in [-0.15, -0.1) is 0 Å². The minimum atomic E-state index is -0.917. The summed E-state index contributed by atoms with van der Waals surface area (Å²) in [5.41, 5.74) is 5.13. The first kappa shape index (κ1) is 13.5. The third-order valence-corrected chi connectivity index (χ3v) is 3.33. The molecule has 0 radical (unpaired) electrons. The standard InChI is InChI=1S/C13H15FN2O3/c1-19-11(17)9-4-3-8(14)7-10(9)16-12(18)13(15)5-2-6-13/h3-4,7H,2,5-6,15H2,1H3,(H,16,18). The molecule has 3 N–H and O–H groups in total. The smallest absolute Gasteiger partial charge is 0.339 e. The number of ether oxygens (including phenoxy) is 1. The molecule has 1 fully saturated rings. The van der Waals surface area contributed by atoms with Gasteiger partial charge in [0.25, 0.3) is 0 Å². The number of nitrogens with one attached hydrogen (secondary N) is 1. The topological polar surface area (TPSA) is 81.4 Å². The van der Waals surface area contributed by atoms with Crippen LogP contribution in [-0.4, -0.2) is 24.5 Å². The van der Waals surface area contributed by atoms with Crippen molar-refractivity contribution in [2.45, 2.75) is 24.8 Å². The number of esters is 1. The lowest BCUT2D eigenvalue weighted by molar-refractivity contribution is -0.123. The molecule has 1 amide bonds. The summed E-state index contributed by atoms with van der Waals surface area (Å²) in [5.74, 6) is -1.60. The van der Waals surface area contributed by atoms with Crippen LogP contribution in [0.15, 0.2) is 18.2 Å². The van der Waals surface area contributed by atoms with Gasteiger partial charge in [0.05, 0.1) is 23.9 Å². The van der Waals surface area contributed by atoms with Crippen LogP contribution in [0.3, 0.4) is 0 Å². The Kier molecular flexibility index (Phi) is 3.53. The van der Waals surface area contributed by atoms with E-state index in [9.17, 15) is 14.0 Å². The van der Waals surface area contributed by atoms with Crippen LogP contribution in [0, 0.1) is 5.82 Å². The van der Waals surface area contributed by atoms with Crippen LogP contribution in [0.25, 0.3) is 0 Å². The molecule has 0 aliphatic heterocycles. The van der Waals surface area contributed by atoms with Crippen LogP contribution in [0.5, 0.6) is 0 Å². The van der Waals surface area contributed by atoms with Crippen LogP contribution in [0.1, 0.15) is 29.6 Å². The van der Waals surface area contributed by atoms with Gasteiger partial charge in [0.1, 0.15) is 5.82 Å². The fourth-order valence-corrected chi connectivity index (χ4v) is 1.94. The monoisotopic (exact) mass is 266 g/mol. The lowest BCUT2D eigenvalue weighted by Crippen LogP contribution is -2.56. The summed E-state index contributed by atoms with van der Waals surface area (Å²) in [4.78, 5) is 23.5. The van der Waals surface area contributed by atoms with Crippen LogP contribution in [0.2, 0.25) is 0 Å². The number of benzene rings is 1. The first-order valence-electron chi connectivity index (χ1n) is 5.94. The summed E-state index contributed by atoms with van der Waals surface area (Å²) in [5, 5.41) is 2.50. The van der Waals surface area contributed by atoms with E-state index in [1.807, 2.05) is 0 Å². The minimum absolute atomic E-state index is 0.0774. The molecule has 1 aromatic carbocycles. The van der Waals surface area contributed by atoms with E-state index in [1.54, 1.807) is 0 Å². The highest BCUT2D eigenvalue weighted by Gasteiger charge is 2.40. The molecule has 0 saturated heterocycles. The Morgan fingerprint density at radius 3 is 2.63 bits per heavy atom. The number of amides is 1. The number of hydrogen-bond acceptors (Lipinski definition) is 4. The summed E-state index contributed by atoms with van der Waals surface area (Å²) in [7, 11) is 1.22. The Morgan fingerprint density at radius 2 is 2.11 bits per heavy atom. The Labute approximate surface area is 109 Å². The van der Waals surface area contributed by atoms with Crippen molar-refractivity contribution >= 4 is 17.6 Å². The molecule has 0 spiro atoms. The van der Waals surface area contributed by atoms with Gasteiger partial charge in [0.15, 0.2) is 0 Å². The van der Waals surface area contributed by atoms with Crippen molar-refractivity contribution < 1.29 is 18.7 Å². The maximum Gasteiger partial charge on any atom is 0.339 e. The third-order valence-electron chi connectivity index (χ3n) is 3.33. The SMILES string of the molecule is COC(=O)c1ccc(F)cc1NC(=O)C1(N)CCC1. The molecule has 1 aliphatic carbocycles. The number of methoxy groups -OCH3 is 1. The molecule has 1 aliphatic rings. The predicted molar refractivity (Wildman–Crippen MR) is 67.1 cm³/mol. The van der Waals surface area contributed by atoms with Crippen molar-refractivity contribution in [3.63, 3.8) is 0 Å². The zero-order chi connectivity index (χ0) is 14.0. The van der Waals surface area contributed by atoms with E-state index in [1.165, 1.54) is 13.2 Å².